The molecule has 5 heteroatoms. The second-order valence-corrected chi connectivity index (χ2v) is 6.14. The second kappa shape index (κ2) is 6.79. The van der Waals surface area contributed by atoms with Gasteiger partial charge in [0.25, 0.3) is 0 Å². The summed E-state index contributed by atoms with van der Waals surface area (Å²) < 4.78 is 3.29. The van der Waals surface area contributed by atoms with Crippen LogP contribution in [-0.2, 0) is 0 Å². The molecule has 0 saturated carbocycles. The minimum Gasteiger partial charge on any atom is -0.318 e. The summed E-state index contributed by atoms with van der Waals surface area (Å²) in [5.41, 5.74) is 7.48. The second-order valence-electron chi connectivity index (χ2n) is 5.22. The van der Waals surface area contributed by atoms with Gasteiger partial charge in [-0.15, -0.1) is 0 Å². The highest BCUT2D eigenvalue weighted by molar-refractivity contribution is 9.10. The number of nitrogens with one attached hydrogen (secondary N) is 1. The maximum absolute atomic E-state index is 4.28. The molecule has 116 valence electrons. The van der Waals surface area contributed by atoms with Crippen molar-refractivity contribution in [2.45, 2.75) is 13.8 Å². The summed E-state index contributed by atoms with van der Waals surface area (Å²) in [7, 11) is 0. The van der Waals surface area contributed by atoms with Crippen molar-refractivity contribution in [1.29, 1.82) is 0 Å². The lowest BCUT2D eigenvalue weighted by Crippen LogP contribution is -1.99. The van der Waals surface area contributed by atoms with Gasteiger partial charge in [0.15, 0.2) is 0 Å². The molecule has 0 unspecified atom stereocenters. The van der Waals surface area contributed by atoms with Crippen LogP contribution < -0.4 is 5.43 Å². The van der Waals surface area contributed by atoms with Gasteiger partial charge in [0, 0.05) is 33.3 Å². The molecule has 1 aromatic carbocycles. The Morgan fingerprint density at radius 1 is 1.13 bits per heavy atom. The van der Waals surface area contributed by atoms with Crippen LogP contribution in [0.3, 0.4) is 0 Å². The molecule has 2 heterocycles. The van der Waals surface area contributed by atoms with Crippen LogP contribution in [0.4, 0.5) is 5.82 Å². The van der Waals surface area contributed by atoms with Gasteiger partial charge in [-0.2, -0.15) is 5.10 Å². The average Bonchev–Trinajstić information content (AvgIpc) is 2.84. The minimum absolute atomic E-state index is 0.727. The Morgan fingerprint density at radius 3 is 2.61 bits per heavy atom. The number of rotatable bonds is 4. The molecule has 3 rings (SSSR count). The van der Waals surface area contributed by atoms with Crippen molar-refractivity contribution in [3.05, 3.63) is 76.2 Å². The topological polar surface area (TPSA) is 42.2 Å². The predicted octanol–water partition coefficient (Wildman–Crippen LogP) is 4.70. The van der Waals surface area contributed by atoms with E-state index in [9.17, 15) is 0 Å². The molecule has 0 aliphatic carbocycles. The average molecular weight is 369 g/mol. The molecule has 1 N–H and O–H groups in total. The fourth-order valence-corrected chi connectivity index (χ4v) is 2.77. The van der Waals surface area contributed by atoms with Gasteiger partial charge in [-0.05, 0) is 56.3 Å². The highest BCUT2D eigenvalue weighted by Gasteiger charge is 2.09. The molecule has 0 amide bonds. The van der Waals surface area contributed by atoms with Gasteiger partial charge < -0.3 is 4.57 Å². The number of nitrogens with zero attached hydrogens (tertiary/aromatic N) is 3. The zero-order chi connectivity index (χ0) is 16.2. The SMILES string of the molecule is Cc1cc(/C=N/Nc2ccccn2)c(C)n1-c1ccc(Br)cc1. The van der Waals surface area contributed by atoms with E-state index in [1.54, 1.807) is 6.20 Å². The van der Waals surface area contributed by atoms with Crippen molar-refractivity contribution in [1.82, 2.24) is 9.55 Å². The van der Waals surface area contributed by atoms with E-state index in [4.69, 9.17) is 0 Å². The summed E-state index contributed by atoms with van der Waals surface area (Å²) >= 11 is 3.47. The summed E-state index contributed by atoms with van der Waals surface area (Å²) in [6, 6.07) is 16.1. The number of pyridine rings is 1. The lowest BCUT2D eigenvalue weighted by Gasteiger charge is -2.09. The first-order chi connectivity index (χ1) is 11.1. The van der Waals surface area contributed by atoms with E-state index in [0.29, 0.717) is 0 Å². The zero-order valence-corrected chi connectivity index (χ0v) is 14.6. The molecule has 0 fully saturated rings. The van der Waals surface area contributed by atoms with Gasteiger partial charge in [0.05, 0.1) is 6.21 Å². The summed E-state index contributed by atoms with van der Waals surface area (Å²) in [6.07, 6.45) is 3.56. The van der Waals surface area contributed by atoms with Crippen molar-refractivity contribution in [3.63, 3.8) is 0 Å². The summed E-state index contributed by atoms with van der Waals surface area (Å²) in [6.45, 7) is 4.19. The lowest BCUT2D eigenvalue weighted by atomic mass is 10.2. The summed E-state index contributed by atoms with van der Waals surface area (Å²) in [4.78, 5) is 4.18. The molecule has 3 aromatic rings. The van der Waals surface area contributed by atoms with Crippen LogP contribution in [0.1, 0.15) is 17.0 Å². The predicted molar refractivity (Wildman–Crippen MR) is 98.4 cm³/mol. The number of hydrogen-bond acceptors (Lipinski definition) is 3. The van der Waals surface area contributed by atoms with Crippen LogP contribution in [0.5, 0.6) is 0 Å². The van der Waals surface area contributed by atoms with E-state index in [1.165, 1.54) is 5.69 Å². The van der Waals surface area contributed by atoms with Crippen molar-refractivity contribution < 1.29 is 0 Å². The van der Waals surface area contributed by atoms with Crippen LogP contribution in [-0.4, -0.2) is 15.8 Å². The molecule has 0 saturated heterocycles. The molecule has 0 aliphatic rings. The van der Waals surface area contributed by atoms with Crippen LogP contribution in [0.25, 0.3) is 5.69 Å². The first-order valence-electron chi connectivity index (χ1n) is 7.30. The first-order valence-corrected chi connectivity index (χ1v) is 8.09. The maximum atomic E-state index is 4.28. The number of hydrogen-bond donors (Lipinski definition) is 1. The van der Waals surface area contributed by atoms with Gasteiger partial charge in [0.1, 0.15) is 5.82 Å². The summed E-state index contributed by atoms with van der Waals surface area (Å²) in [5, 5.41) is 4.28. The van der Waals surface area contributed by atoms with E-state index >= 15 is 0 Å². The normalized spacial score (nSPS) is 11.1. The van der Waals surface area contributed by atoms with Gasteiger partial charge in [0.2, 0.25) is 0 Å². The largest absolute Gasteiger partial charge is 0.318 e. The molecule has 0 bridgehead atoms. The minimum atomic E-state index is 0.727. The molecular formula is C18H17BrN4. The quantitative estimate of drug-likeness (QED) is 0.535. The van der Waals surface area contributed by atoms with Gasteiger partial charge >= 0.3 is 0 Å². The molecule has 0 spiro atoms. The van der Waals surface area contributed by atoms with Crippen molar-refractivity contribution in [2.75, 3.05) is 5.43 Å². The van der Waals surface area contributed by atoms with Crippen LogP contribution >= 0.6 is 15.9 Å². The van der Waals surface area contributed by atoms with E-state index in [0.717, 1.165) is 27.2 Å². The smallest absolute Gasteiger partial charge is 0.146 e. The molecule has 23 heavy (non-hydrogen) atoms. The van der Waals surface area contributed by atoms with Crippen molar-refractivity contribution >= 4 is 28.0 Å². The fraction of sp³-hybridized carbons (Fsp3) is 0.111. The molecule has 4 nitrogen and oxygen atoms in total. The molecule has 2 aromatic heterocycles. The highest BCUT2D eigenvalue weighted by atomic mass is 79.9. The Morgan fingerprint density at radius 2 is 1.91 bits per heavy atom. The number of benzene rings is 1. The lowest BCUT2D eigenvalue weighted by molar-refractivity contribution is 0.964. The number of aromatic nitrogens is 2. The number of halogens is 1. The number of hydrazone groups is 1. The third-order valence-corrected chi connectivity index (χ3v) is 4.13. The fourth-order valence-electron chi connectivity index (χ4n) is 2.50. The van der Waals surface area contributed by atoms with Crippen LogP contribution in [0.2, 0.25) is 0 Å². The van der Waals surface area contributed by atoms with Gasteiger partial charge in [-0.25, -0.2) is 4.98 Å². The van der Waals surface area contributed by atoms with Crippen molar-refractivity contribution in [2.24, 2.45) is 5.10 Å². The van der Waals surface area contributed by atoms with Crippen LogP contribution in [0, 0.1) is 13.8 Å². The Balaban J connectivity index is 1.84. The van der Waals surface area contributed by atoms with Crippen LogP contribution in [0.15, 0.2) is 64.3 Å². The molecule has 0 atom stereocenters. The monoisotopic (exact) mass is 368 g/mol. The van der Waals surface area contributed by atoms with Gasteiger partial charge in [-0.1, -0.05) is 22.0 Å². The Hall–Kier alpha value is -2.40. The van der Waals surface area contributed by atoms with E-state index < -0.39 is 0 Å². The third kappa shape index (κ3) is 3.51. The zero-order valence-electron chi connectivity index (χ0n) is 13.0. The van der Waals surface area contributed by atoms with E-state index in [2.05, 4.69) is 68.1 Å². The van der Waals surface area contributed by atoms with Gasteiger partial charge in [-0.3, -0.25) is 5.43 Å². The number of aryl methyl sites for hydroxylation is 1. The molecule has 0 radical (unpaired) electrons. The molecule has 0 aliphatic heterocycles. The third-order valence-electron chi connectivity index (χ3n) is 3.60. The van der Waals surface area contributed by atoms with E-state index in [1.807, 2.05) is 36.5 Å². The Kier molecular flexibility index (Phi) is 4.57. The molecular weight excluding hydrogens is 352 g/mol. The first kappa shape index (κ1) is 15.5. The Bertz CT molecular complexity index is 820. The van der Waals surface area contributed by atoms with Crippen molar-refractivity contribution in [3.8, 4) is 5.69 Å². The standard InChI is InChI=1S/C18H17BrN4/c1-13-11-15(12-21-22-18-5-3-4-10-20-18)14(2)23(13)17-8-6-16(19)7-9-17/h3-12H,1-2H3,(H,20,22)/b21-12+. The number of anilines is 1. The summed E-state index contributed by atoms with van der Waals surface area (Å²) in [5.74, 6) is 0.727. The maximum Gasteiger partial charge on any atom is 0.146 e. The Labute approximate surface area is 144 Å². The highest BCUT2D eigenvalue weighted by Crippen LogP contribution is 2.21. The van der Waals surface area contributed by atoms with E-state index in [-0.39, 0.29) is 0 Å².